The minimum Gasteiger partial charge on any atom is -0.492 e. The van der Waals surface area contributed by atoms with Gasteiger partial charge in [0.1, 0.15) is 5.75 Å². The maximum atomic E-state index is 6.29. The lowest BCUT2D eigenvalue weighted by Crippen LogP contribution is -2.12. The quantitative estimate of drug-likeness (QED) is 0.884. The Morgan fingerprint density at radius 3 is 2.35 bits per heavy atom. The van der Waals surface area contributed by atoms with E-state index in [9.17, 15) is 0 Å². The van der Waals surface area contributed by atoms with Crippen molar-refractivity contribution in [3.63, 3.8) is 0 Å². The maximum absolute atomic E-state index is 6.29. The van der Waals surface area contributed by atoms with Crippen molar-refractivity contribution in [2.45, 2.75) is 19.9 Å². The van der Waals surface area contributed by atoms with Gasteiger partial charge in [-0.05, 0) is 31.0 Å². The molecule has 20 heavy (non-hydrogen) atoms. The second kappa shape index (κ2) is 6.49. The third kappa shape index (κ3) is 3.26. The summed E-state index contributed by atoms with van der Waals surface area (Å²) >= 11 is 12.5. The Kier molecular flexibility index (Phi) is 4.92. The van der Waals surface area contributed by atoms with Crippen LogP contribution in [0.1, 0.15) is 29.7 Å². The minimum absolute atomic E-state index is 0.309. The van der Waals surface area contributed by atoms with E-state index >= 15 is 0 Å². The van der Waals surface area contributed by atoms with E-state index in [2.05, 4.69) is 0 Å². The predicted octanol–water partition coefficient (Wildman–Crippen LogP) is 4.75. The molecule has 2 aromatic carbocycles. The van der Waals surface area contributed by atoms with Crippen molar-refractivity contribution in [2.75, 3.05) is 6.61 Å². The summed E-state index contributed by atoms with van der Waals surface area (Å²) in [5.74, 6) is 0.582. The molecule has 0 fully saturated rings. The summed E-state index contributed by atoms with van der Waals surface area (Å²) in [7, 11) is 0. The Morgan fingerprint density at radius 1 is 1.10 bits per heavy atom. The van der Waals surface area contributed by atoms with Crippen molar-refractivity contribution in [2.24, 2.45) is 5.73 Å². The van der Waals surface area contributed by atoms with Gasteiger partial charge in [0.2, 0.25) is 0 Å². The standard InChI is InChI=1S/C16H17Cl2NO/c1-3-20-15-9-13(17)12(8-14(15)18)16(19)11-6-4-10(2)5-7-11/h4-9,16H,3,19H2,1-2H3. The molecule has 2 N–H and O–H groups in total. The fourth-order valence-corrected chi connectivity index (χ4v) is 2.50. The monoisotopic (exact) mass is 309 g/mol. The van der Waals surface area contributed by atoms with E-state index < -0.39 is 0 Å². The lowest BCUT2D eigenvalue weighted by molar-refractivity contribution is 0.340. The molecule has 4 heteroatoms. The van der Waals surface area contributed by atoms with E-state index in [4.69, 9.17) is 33.7 Å². The molecule has 1 atom stereocenters. The summed E-state index contributed by atoms with van der Waals surface area (Å²) in [5, 5.41) is 1.08. The molecule has 0 aliphatic carbocycles. The minimum atomic E-state index is -0.309. The van der Waals surface area contributed by atoms with Gasteiger partial charge < -0.3 is 10.5 Å². The van der Waals surface area contributed by atoms with Crippen LogP contribution in [0.4, 0.5) is 0 Å². The molecule has 106 valence electrons. The third-order valence-electron chi connectivity index (χ3n) is 3.12. The summed E-state index contributed by atoms with van der Waals surface area (Å²) < 4.78 is 5.42. The van der Waals surface area contributed by atoms with Gasteiger partial charge in [-0.15, -0.1) is 0 Å². The Morgan fingerprint density at radius 2 is 1.75 bits per heavy atom. The van der Waals surface area contributed by atoms with Gasteiger partial charge in [-0.25, -0.2) is 0 Å². The van der Waals surface area contributed by atoms with Crippen LogP contribution >= 0.6 is 23.2 Å². The fourth-order valence-electron chi connectivity index (χ4n) is 2.00. The van der Waals surface area contributed by atoms with E-state index in [0.717, 1.165) is 11.1 Å². The van der Waals surface area contributed by atoms with E-state index in [-0.39, 0.29) is 6.04 Å². The van der Waals surface area contributed by atoms with Gasteiger partial charge in [0.25, 0.3) is 0 Å². The van der Waals surface area contributed by atoms with Crippen molar-refractivity contribution in [1.29, 1.82) is 0 Å². The van der Waals surface area contributed by atoms with Gasteiger partial charge in [0, 0.05) is 11.1 Å². The summed E-state index contributed by atoms with van der Waals surface area (Å²) in [6.45, 7) is 4.48. The van der Waals surface area contributed by atoms with Gasteiger partial charge in [0.15, 0.2) is 0 Å². The van der Waals surface area contributed by atoms with Gasteiger partial charge in [0.05, 0.1) is 17.7 Å². The molecule has 0 amide bonds. The van der Waals surface area contributed by atoms with Gasteiger partial charge in [-0.1, -0.05) is 53.0 Å². The highest BCUT2D eigenvalue weighted by atomic mass is 35.5. The molecule has 0 spiro atoms. The normalized spacial score (nSPS) is 12.2. The zero-order valence-corrected chi connectivity index (χ0v) is 13.0. The molecule has 0 aliphatic heterocycles. The van der Waals surface area contributed by atoms with Crippen LogP contribution in [0.5, 0.6) is 5.75 Å². The van der Waals surface area contributed by atoms with Gasteiger partial charge in [-0.3, -0.25) is 0 Å². The van der Waals surface area contributed by atoms with Crippen molar-refractivity contribution in [3.05, 3.63) is 63.1 Å². The fraction of sp³-hybridized carbons (Fsp3) is 0.250. The average Bonchev–Trinajstić information content (AvgIpc) is 2.43. The molecule has 2 aromatic rings. The van der Waals surface area contributed by atoms with Crippen molar-refractivity contribution in [3.8, 4) is 5.75 Å². The lowest BCUT2D eigenvalue weighted by atomic mass is 9.98. The van der Waals surface area contributed by atoms with E-state index in [1.165, 1.54) is 5.56 Å². The molecule has 0 heterocycles. The zero-order valence-electron chi connectivity index (χ0n) is 11.5. The van der Waals surface area contributed by atoms with Crippen LogP contribution in [0, 0.1) is 6.92 Å². The summed E-state index contributed by atoms with van der Waals surface area (Å²) in [4.78, 5) is 0. The molecule has 0 aromatic heterocycles. The van der Waals surface area contributed by atoms with E-state index in [1.807, 2.05) is 38.1 Å². The van der Waals surface area contributed by atoms with Crippen LogP contribution in [-0.4, -0.2) is 6.61 Å². The second-order valence-corrected chi connectivity index (χ2v) is 5.44. The smallest absolute Gasteiger partial charge is 0.139 e. The van der Waals surface area contributed by atoms with Crippen LogP contribution in [0.3, 0.4) is 0 Å². The molecule has 1 unspecified atom stereocenters. The van der Waals surface area contributed by atoms with Crippen molar-refractivity contribution >= 4 is 23.2 Å². The van der Waals surface area contributed by atoms with Crippen LogP contribution < -0.4 is 10.5 Å². The van der Waals surface area contributed by atoms with Crippen LogP contribution in [0.25, 0.3) is 0 Å². The number of aryl methyl sites for hydroxylation is 1. The summed E-state index contributed by atoms with van der Waals surface area (Å²) in [5.41, 5.74) is 9.26. The zero-order chi connectivity index (χ0) is 14.7. The molecule has 0 radical (unpaired) electrons. The summed E-state index contributed by atoms with van der Waals surface area (Å²) in [6.07, 6.45) is 0. The lowest BCUT2D eigenvalue weighted by Gasteiger charge is -2.16. The highest BCUT2D eigenvalue weighted by Crippen LogP contribution is 2.35. The summed E-state index contributed by atoms with van der Waals surface area (Å²) in [6, 6.07) is 11.2. The number of hydrogen-bond acceptors (Lipinski definition) is 2. The Labute approximate surface area is 129 Å². The number of nitrogens with two attached hydrogens (primary N) is 1. The Hall–Kier alpha value is -1.22. The highest BCUT2D eigenvalue weighted by Gasteiger charge is 2.15. The first-order chi connectivity index (χ1) is 9.52. The molecule has 0 saturated carbocycles. The first-order valence-electron chi connectivity index (χ1n) is 6.46. The SMILES string of the molecule is CCOc1cc(Cl)c(C(N)c2ccc(C)cc2)cc1Cl. The molecule has 2 nitrogen and oxygen atoms in total. The van der Waals surface area contributed by atoms with Crippen molar-refractivity contribution in [1.82, 2.24) is 0 Å². The first kappa shape index (κ1) is 15.2. The number of rotatable bonds is 4. The largest absolute Gasteiger partial charge is 0.492 e. The second-order valence-electron chi connectivity index (χ2n) is 4.63. The van der Waals surface area contributed by atoms with Crippen LogP contribution in [0.2, 0.25) is 10.0 Å². The topological polar surface area (TPSA) is 35.2 Å². The average molecular weight is 310 g/mol. The Balaban J connectivity index is 2.37. The van der Waals surface area contributed by atoms with E-state index in [0.29, 0.717) is 22.4 Å². The first-order valence-corrected chi connectivity index (χ1v) is 7.22. The van der Waals surface area contributed by atoms with Crippen LogP contribution in [-0.2, 0) is 0 Å². The molecular formula is C16H17Cl2NO. The molecule has 0 aliphatic rings. The van der Waals surface area contributed by atoms with Crippen LogP contribution in [0.15, 0.2) is 36.4 Å². The molecule has 0 saturated heterocycles. The van der Waals surface area contributed by atoms with Gasteiger partial charge in [-0.2, -0.15) is 0 Å². The van der Waals surface area contributed by atoms with Crippen molar-refractivity contribution < 1.29 is 4.74 Å². The predicted molar refractivity (Wildman–Crippen MR) is 84.8 cm³/mol. The molecule has 0 bridgehead atoms. The number of benzene rings is 2. The highest BCUT2D eigenvalue weighted by molar-refractivity contribution is 6.34. The van der Waals surface area contributed by atoms with Gasteiger partial charge >= 0.3 is 0 Å². The molecular weight excluding hydrogens is 293 g/mol. The Bertz CT molecular complexity index is 596. The maximum Gasteiger partial charge on any atom is 0.139 e. The van der Waals surface area contributed by atoms with E-state index in [1.54, 1.807) is 12.1 Å². The third-order valence-corrected chi connectivity index (χ3v) is 3.75. The number of ether oxygens (including phenoxy) is 1. The number of hydrogen-bond donors (Lipinski definition) is 1. The number of halogens is 2. The molecule has 2 rings (SSSR count).